The Morgan fingerprint density at radius 2 is 1.75 bits per heavy atom. The minimum Gasteiger partial charge on any atom is -0.494 e. The van der Waals surface area contributed by atoms with E-state index in [0.717, 1.165) is 42.4 Å². The molecule has 0 saturated carbocycles. The fourth-order valence-electron chi connectivity index (χ4n) is 5.57. The van der Waals surface area contributed by atoms with Gasteiger partial charge in [-0.05, 0) is 75.3 Å². The molecule has 0 amide bonds. The largest absolute Gasteiger partial charge is 0.494 e. The summed E-state index contributed by atoms with van der Waals surface area (Å²) in [6.07, 6.45) is 4.46. The molecular formula is C32H30N4O4. The number of carboxylic acid groups (broad SMARTS) is 1. The maximum absolute atomic E-state index is 13.2. The quantitative estimate of drug-likeness (QED) is 0.229. The summed E-state index contributed by atoms with van der Waals surface area (Å²) in [4.78, 5) is 34.8. The molecule has 0 aliphatic carbocycles. The van der Waals surface area contributed by atoms with Crippen molar-refractivity contribution in [3.05, 3.63) is 95.7 Å². The molecule has 0 unspecified atom stereocenters. The van der Waals surface area contributed by atoms with Gasteiger partial charge in [0.1, 0.15) is 0 Å². The monoisotopic (exact) mass is 534 g/mol. The van der Waals surface area contributed by atoms with Gasteiger partial charge in [0.15, 0.2) is 5.88 Å². The summed E-state index contributed by atoms with van der Waals surface area (Å²) in [6, 6.07) is 21.9. The van der Waals surface area contributed by atoms with E-state index in [9.17, 15) is 19.8 Å². The molecule has 1 saturated heterocycles. The summed E-state index contributed by atoms with van der Waals surface area (Å²) in [5.41, 5.74) is 3.98. The first-order chi connectivity index (χ1) is 19.4. The van der Waals surface area contributed by atoms with Gasteiger partial charge in [0.05, 0.1) is 28.0 Å². The van der Waals surface area contributed by atoms with Crippen molar-refractivity contribution in [2.24, 2.45) is 10.9 Å². The zero-order valence-corrected chi connectivity index (χ0v) is 22.2. The van der Waals surface area contributed by atoms with Crippen LogP contribution in [-0.4, -0.2) is 62.4 Å². The third-order valence-corrected chi connectivity index (χ3v) is 7.79. The highest BCUT2D eigenvalue weighted by Crippen LogP contribution is 2.33. The number of nitrogens with one attached hydrogen (secondary N) is 1. The minimum atomic E-state index is -1.04. The Kier molecular flexibility index (Phi) is 6.69. The number of likely N-dealkylation sites (tertiary alicyclic amines) is 1. The predicted octanol–water partition coefficient (Wildman–Crippen LogP) is 6.07. The van der Waals surface area contributed by atoms with Crippen molar-refractivity contribution in [2.45, 2.75) is 19.3 Å². The van der Waals surface area contributed by atoms with E-state index in [1.807, 2.05) is 60.8 Å². The molecule has 3 N–H and O–H groups in total. The number of carbonyl (C=O) groups is 2. The Bertz CT molecular complexity index is 1760. The van der Waals surface area contributed by atoms with Gasteiger partial charge in [0, 0.05) is 34.5 Å². The molecule has 202 valence electrons. The number of aromatic carboxylic acids is 1. The van der Waals surface area contributed by atoms with Crippen LogP contribution in [0.1, 0.15) is 45.5 Å². The zero-order chi connectivity index (χ0) is 27.8. The highest BCUT2D eigenvalue weighted by Gasteiger charge is 2.22. The van der Waals surface area contributed by atoms with Crippen molar-refractivity contribution in [1.29, 1.82) is 0 Å². The van der Waals surface area contributed by atoms with E-state index in [-0.39, 0.29) is 17.4 Å². The van der Waals surface area contributed by atoms with Crippen LogP contribution in [0.25, 0.3) is 21.8 Å². The lowest BCUT2D eigenvalue weighted by Gasteiger charge is -2.28. The molecule has 2 aromatic heterocycles. The number of hydrogen-bond donors (Lipinski definition) is 3. The smallest absolute Gasteiger partial charge is 0.335 e. The number of aromatic amines is 1. The molecule has 5 aromatic rings. The van der Waals surface area contributed by atoms with Crippen LogP contribution in [0.5, 0.6) is 5.88 Å². The van der Waals surface area contributed by atoms with Gasteiger partial charge in [-0.25, -0.2) is 9.79 Å². The van der Waals surface area contributed by atoms with Crippen LogP contribution in [0.15, 0.2) is 84.0 Å². The number of H-pyrrole nitrogens is 1. The Labute approximate surface area is 231 Å². The van der Waals surface area contributed by atoms with Crippen molar-refractivity contribution in [3.63, 3.8) is 0 Å². The number of hydrogen-bond acceptors (Lipinski definition) is 5. The second-order valence-electron chi connectivity index (χ2n) is 10.5. The number of carboxylic acids is 1. The lowest BCUT2D eigenvalue weighted by molar-refractivity contribution is 0.0696. The summed E-state index contributed by atoms with van der Waals surface area (Å²) >= 11 is 0. The first-order valence-electron chi connectivity index (χ1n) is 13.4. The van der Waals surface area contributed by atoms with Crippen LogP contribution in [-0.2, 0) is 0 Å². The molecule has 0 radical (unpaired) electrons. The topological polar surface area (TPSA) is 111 Å². The summed E-state index contributed by atoms with van der Waals surface area (Å²) < 4.78 is 1.74. The van der Waals surface area contributed by atoms with Gasteiger partial charge in [-0.3, -0.25) is 9.36 Å². The number of carbonyl (C=O) groups excluding carboxylic acids is 1. The Balaban J connectivity index is 1.38. The minimum absolute atomic E-state index is 0.0909. The standard InChI is InChI=1S/C32H30N4O4/c1-35-14-11-20(12-15-35)17-28(37)36-16-13-22-18-24(8-10-27(22)36)33-30(21-5-3-2-4-6-21)29-25-9-7-23(32(39)40)19-26(25)34-31(29)38/h2-10,13,16,18-20,34,38H,11-12,14-15,17H2,1H3,(H,39,40). The third kappa shape index (κ3) is 4.89. The van der Waals surface area contributed by atoms with E-state index in [2.05, 4.69) is 16.9 Å². The van der Waals surface area contributed by atoms with Crippen molar-refractivity contribution in [1.82, 2.24) is 14.5 Å². The number of rotatable bonds is 6. The molecule has 0 spiro atoms. The van der Waals surface area contributed by atoms with Gasteiger partial charge in [-0.15, -0.1) is 0 Å². The SMILES string of the molecule is CN1CCC(CC(=O)n2ccc3cc(N=C(c4ccccc4)c4c(O)[nH]c5cc(C(=O)O)ccc45)ccc32)CC1. The molecular weight excluding hydrogens is 504 g/mol. The summed E-state index contributed by atoms with van der Waals surface area (Å²) in [5, 5.41) is 21.9. The molecule has 6 rings (SSSR count). The molecule has 40 heavy (non-hydrogen) atoms. The Morgan fingerprint density at radius 3 is 2.50 bits per heavy atom. The Hall–Kier alpha value is -4.69. The average molecular weight is 535 g/mol. The van der Waals surface area contributed by atoms with Crippen LogP contribution < -0.4 is 0 Å². The summed E-state index contributed by atoms with van der Waals surface area (Å²) in [6.45, 7) is 2.06. The number of fused-ring (bicyclic) bond motifs is 2. The van der Waals surface area contributed by atoms with Crippen molar-refractivity contribution in [2.75, 3.05) is 20.1 Å². The molecule has 8 heteroatoms. The first kappa shape index (κ1) is 25.6. The third-order valence-electron chi connectivity index (χ3n) is 7.79. The van der Waals surface area contributed by atoms with Gasteiger partial charge >= 0.3 is 5.97 Å². The van der Waals surface area contributed by atoms with Gasteiger partial charge < -0.3 is 20.1 Å². The van der Waals surface area contributed by atoms with E-state index in [4.69, 9.17) is 4.99 Å². The number of aliphatic imine (C=N–C) groups is 1. The van der Waals surface area contributed by atoms with Gasteiger partial charge in [-0.2, -0.15) is 0 Å². The van der Waals surface area contributed by atoms with Gasteiger partial charge in [0.2, 0.25) is 5.91 Å². The van der Waals surface area contributed by atoms with E-state index in [1.54, 1.807) is 10.6 Å². The van der Waals surface area contributed by atoms with Crippen LogP contribution >= 0.6 is 0 Å². The lowest BCUT2D eigenvalue weighted by Crippen LogP contribution is -2.31. The Morgan fingerprint density at radius 1 is 0.975 bits per heavy atom. The van der Waals surface area contributed by atoms with E-state index in [1.165, 1.54) is 12.1 Å². The number of benzene rings is 3. The average Bonchev–Trinajstić information content (AvgIpc) is 3.53. The van der Waals surface area contributed by atoms with Crippen LogP contribution in [0.2, 0.25) is 0 Å². The molecule has 1 aliphatic heterocycles. The maximum atomic E-state index is 13.2. The van der Waals surface area contributed by atoms with Crippen molar-refractivity contribution >= 4 is 45.1 Å². The summed E-state index contributed by atoms with van der Waals surface area (Å²) in [5.74, 6) is -0.615. The second-order valence-corrected chi connectivity index (χ2v) is 10.5. The lowest BCUT2D eigenvalue weighted by atomic mass is 9.93. The fourth-order valence-corrected chi connectivity index (χ4v) is 5.57. The van der Waals surface area contributed by atoms with Gasteiger partial charge in [0.25, 0.3) is 0 Å². The van der Waals surface area contributed by atoms with E-state index < -0.39 is 5.97 Å². The van der Waals surface area contributed by atoms with E-state index in [0.29, 0.717) is 40.2 Å². The molecule has 3 heterocycles. The number of nitrogens with zero attached hydrogens (tertiary/aromatic N) is 3. The predicted molar refractivity (Wildman–Crippen MR) is 156 cm³/mol. The molecule has 8 nitrogen and oxygen atoms in total. The second kappa shape index (κ2) is 10.5. The van der Waals surface area contributed by atoms with Crippen molar-refractivity contribution < 1.29 is 19.8 Å². The van der Waals surface area contributed by atoms with Crippen LogP contribution in [0, 0.1) is 5.92 Å². The molecule has 1 aliphatic rings. The normalized spacial score (nSPS) is 15.2. The van der Waals surface area contributed by atoms with Gasteiger partial charge in [-0.1, -0.05) is 36.4 Å². The molecule has 0 atom stereocenters. The molecule has 3 aromatic carbocycles. The summed E-state index contributed by atoms with van der Waals surface area (Å²) in [7, 11) is 2.12. The zero-order valence-electron chi connectivity index (χ0n) is 22.2. The molecule has 0 bridgehead atoms. The first-order valence-corrected chi connectivity index (χ1v) is 13.4. The van der Waals surface area contributed by atoms with Crippen LogP contribution in [0.4, 0.5) is 5.69 Å². The highest BCUT2D eigenvalue weighted by molar-refractivity contribution is 6.22. The van der Waals surface area contributed by atoms with Crippen molar-refractivity contribution in [3.8, 4) is 5.88 Å². The maximum Gasteiger partial charge on any atom is 0.335 e. The number of aromatic nitrogens is 2. The molecule has 1 fully saturated rings. The van der Waals surface area contributed by atoms with E-state index >= 15 is 0 Å². The van der Waals surface area contributed by atoms with Crippen LogP contribution in [0.3, 0.4) is 0 Å². The fraction of sp³-hybridized carbons (Fsp3) is 0.219. The highest BCUT2D eigenvalue weighted by atomic mass is 16.4. The number of aromatic hydroxyl groups is 1. The number of piperidine rings is 1.